The fraction of sp³-hybridized carbons (Fsp3) is 0.905. The number of rotatable bonds is 18. The van der Waals surface area contributed by atoms with E-state index in [1.807, 2.05) is 11.9 Å². The quantitative estimate of drug-likeness (QED) is 0.203. The van der Waals surface area contributed by atoms with Crippen molar-refractivity contribution in [3.8, 4) is 0 Å². The zero-order valence-electron chi connectivity index (χ0n) is 16.4. The normalized spacial score (nSPS) is 12.1. The first-order valence-corrected chi connectivity index (χ1v) is 10.4. The van der Waals surface area contributed by atoms with Crippen molar-refractivity contribution in [1.82, 2.24) is 4.90 Å². The number of aliphatic hydroxyl groups excluding tert-OH is 1. The van der Waals surface area contributed by atoms with Gasteiger partial charge in [-0.3, -0.25) is 0 Å². The molecule has 0 saturated heterocycles. The summed E-state index contributed by atoms with van der Waals surface area (Å²) in [5.41, 5.74) is 0. The molecule has 0 aliphatic rings. The SMILES string of the molecule is CCCCCCCC/C=C\CCCCCCCCN(C)CC(O)O. The summed E-state index contributed by atoms with van der Waals surface area (Å²) in [4.78, 5) is 1.99. The monoisotopic (exact) mass is 341 g/mol. The molecule has 0 aromatic carbocycles. The van der Waals surface area contributed by atoms with Crippen molar-refractivity contribution < 1.29 is 10.2 Å². The van der Waals surface area contributed by atoms with Crippen LogP contribution in [0.5, 0.6) is 0 Å². The molecule has 0 aliphatic carbocycles. The molecule has 0 aliphatic heterocycles. The van der Waals surface area contributed by atoms with Gasteiger partial charge < -0.3 is 15.1 Å². The minimum atomic E-state index is -1.20. The van der Waals surface area contributed by atoms with Crippen molar-refractivity contribution in [2.45, 2.75) is 103 Å². The van der Waals surface area contributed by atoms with Gasteiger partial charge in [-0.25, -0.2) is 0 Å². The Bertz CT molecular complexity index is 267. The highest BCUT2D eigenvalue weighted by molar-refractivity contribution is 4.81. The molecule has 2 N–H and O–H groups in total. The largest absolute Gasteiger partial charge is 0.367 e. The minimum absolute atomic E-state index is 0.352. The number of aliphatic hydroxyl groups is 2. The lowest BCUT2D eigenvalue weighted by Crippen LogP contribution is -2.29. The number of hydrogen-bond donors (Lipinski definition) is 2. The van der Waals surface area contributed by atoms with E-state index in [1.165, 1.54) is 83.5 Å². The van der Waals surface area contributed by atoms with Crippen molar-refractivity contribution in [2.75, 3.05) is 20.1 Å². The first-order valence-electron chi connectivity index (χ1n) is 10.4. The van der Waals surface area contributed by atoms with Gasteiger partial charge in [0.2, 0.25) is 0 Å². The molecule has 0 heterocycles. The summed E-state index contributed by atoms with van der Waals surface area (Å²) in [6.45, 7) is 3.58. The van der Waals surface area contributed by atoms with Gasteiger partial charge in [0.05, 0.1) is 0 Å². The van der Waals surface area contributed by atoms with Crippen LogP contribution < -0.4 is 0 Å². The molecule has 0 spiro atoms. The molecule has 0 amide bonds. The molecule has 144 valence electrons. The summed E-state index contributed by atoms with van der Waals surface area (Å²) in [7, 11) is 1.94. The van der Waals surface area contributed by atoms with Gasteiger partial charge in [0.1, 0.15) is 0 Å². The van der Waals surface area contributed by atoms with Crippen LogP contribution in [-0.2, 0) is 0 Å². The Kier molecular flexibility index (Phi) is 18.7. The average Bonchev–Trinajstić information content (AvgIpc) is 2.53. The Labute approximate surface area is 151 Å². The number of allylic oxidation sites excluding steroid dienone is 2. The van der Waals surface area contributed by atoms with Crippen LogP contribution in [0.3, 0.4) is 0 Å². The van der Waals surface area contributed by atoms with Gasteiger partial charge in [-0.2, -0.15) is 0 Å². The van der Waals surface area contributed by atoms with E-state index in [-0.39, 0.29) is 0 Å². The Morgan fingerprint density at radius 3 is 1.67 bits per heavy atom. The molecule has 0 fully saturated rings. The number of unbranched alkanes of at least 4 members (excludes halogenated alkanes) is 12. The van der Waals surface area contributed by atoms with Gasteiger partial charge in [0.25, 0.3) is 0 Å². The second-order valence-corrected chi connectivity index (χ2v) is 7.18. The molecule has 0 atom stereocenters. The predicted molar refractivity (Wildman–Crippen MR) is 105 cm³/mol. The van der Waals surface area contributed by atoms with Crippen LogP contribution in [0.4, 0.5) is 0 Å². The summed E-state index contributed by atoms with van der Waals surface area (Å²) in [6.07, 6.45) is 22.1. The number of likely N-dealkylation sites (N-methyl/N-ethyl adjacent to an activating group) is 1. The van der Waals surface area contributed by atoms with Crippen LogP contribution in [0.15, 0.2) is 12.2 Å². The van der Waals surface area contributed by atoms with Gasteiger partial charge in [-0.05, 0) is 45.7 Å². The van der Waals surface area contributed by atoms with E-state index in [2.05, 4.69) is 19.1 Å². The van der Waals surface area contributed by atoms with Crippen molar-refractivity contribution in [1.29, 1.82) is 0 Å². The Hall–Kier alpha value is -0.380. The minimum Gasteiger partial charge on any atom is -0.367 e. The fourth-order valence-electron chi connectivity index (χ4n) is 3.00. The van der Waals surface area contributed by atoms with Crippen LogP contribution in [0, 0.1) is 0 Å². The van der Waals surface area contributed by atoms with E-state index in [1.54, 1.807) is 0 Å². The molecule has 3 heteroatoms. The van der Waals surface area contributed by atoms with Crippen LogP contribution in [0.25, 0.3) is 0 Å². The van der Waals surface area contributed by atoms with E-state index in [0.717, 1.165) is 13.0 Å². The summed E-state index contributed by atoms with van der Waals surface area (Å²) in [5, 5.41) is 17.7. The van der Waals surface area contributed by atoms with Crippen LogP contribution >= 0.6 is 0 Å². The lowest BCUT2D eigenvalue weighted by atomic mass is 10.1. The molecular weight excluding hydrogens is 298 g/mol. The third kappa shape index (κ3) is 19.7. The molecule has 0 radical (unpaired) electrons. The highest BCUT2D eigenvalue weighted by Gasteiger charge is 2.02. The highest BCUT2D eigenvalue weighted by atomic mass is 16.5. The van der Waals surface area contributed by atoms with Crippen molar-refractivity contribution in [3.05, 3.63) is 12.2 Å². The summed E-state index contributed by atoms with van der Waals surface area (Å²) >= 11 is 0. The zero-order valence-corrected chi connectivity index (χ0v) is 16.4. The third-order valence-corrected chi connectivity index (χ3v) is 4.53. The van der Waals surface area contributed by atoms with E-state index < -0.39 is 6.29 Å². The van der Waals surface area contributed by atoms with Gasteiger partial charge in [0, 0.05) is 6.54 Å². The third-order valence-electron chi connectivity index (χ3n) is 4.53. The summed E-state index contributed by atoms with van der Waals surface area (Å²) in [5.74, 6) is 0. The first kappa shape index (κ1) is 23.6. The topological polar surface area (TPSA) is 43.7 Å². The molecule has 24 heavy (non-hydrogen) atoms. The molecule has 3 nitrogen and oxygen atoms in total. The van der Waals surface area contributed by atoms with Gasteiger partial charge in [-0.15, -0.1) is 0 Å². The van der Waals surface area contributed by atoms with Gasteiger partial charge in [-0.1, -0.05) is 76.9 Å². The maximum atomic E-state index is 8.87. The second-order valence-electron chi connectivity index (χ2n) is 7.18. The predicted octanol–water partition coefficient (Wildman–Crippen LogP) is 5.27. The highest BCUT2D eigenvalue weighted by Crippen LogP contribution is 2.10. The molecular formula is C21H43NO2. The van der Waals surface area contributed by atoms with Gasteiger partial charge >= 0.3 is 0 Å². The average molecular weight is 342 g/mol. The van der Waals surface area contributed by atoms with Crippen LogP contribution in [0.1, 0.15) is 96.8 Å². The summed E-state index contributed by atoms with van der Waals surface area (Å²) in [6, 6.07) is 0. The first-order chi connectivity index (χ1) is 11.7. The number of hydrogen-bond acceptors (Lipinski definition) is 3. The van der Waals surface area contributed by atoms with Gasteiger partial charge in [0.15, 0.2) is 6.29 Å². The van der Waals surface area contributed by atoms with E-state index in [0.29, 0.717) is 6.54 Å². The fourth-order valence-corrected chi connectivity index (χ4v) is 3.00. The Morgan fingerprint density at radius 1 is 0.708 bits per heavy atom. The second kappa shape index (κ2) is 19.0. The van der Waals surface area contributed by atoms with Crippen LogP contribution in [-0.4, -0.2) is 41.5 Å². The standard InChI is InChI=1S/C21H43NO2/c1-3-4-5-6-7-8-9-10-11-12-13-14-15-16-17-18-19-22(2)20-21(23)24/h10-11,21,23-24H,3-9,12-20H2,1-2H3/b11-10-. The molecule has 0 bridgehead atoms. The molecule has 0 aromatic heterocycles. The van der Waals surface area contributed by atoms with E-state index in [4.69, 9.17) is 10.2 Å². The lowest BCUT2D eigenvalue weighted by molar-refractivity contribution is -0.0573. The van der Waals surface area contributed by atoms with E-state index >= 15 is 0 Å². The Balaban J connectivity index is 3.15. The zero-order chi connectivity index (χ0) is 17.9. The molecule has 0 rings (SSSR count). The molecule has 0 saturated carbocycles. The smallest absolute Gasteiger partial charge is 0.164 e. The Morgan fingerprint density at radius 2 is 1.17 bits per heavy atom. The van der Waals surface area contributed by atoms with Crippen molar-refractivity contribution >= 4 is 0 Å². The van der Waals surface area contributed by atoms with Crippen LogP contribution in [0.2, 0.25) is 0 Å². The van der Waals surface area contributed by atoms with E-state index in [9.17, 15) is 0 Å². The van der Waals surface area contributed by atoms with Crippen molar-refractivity contribution in [3.63, 3.8) is 0 Å². The van der Waals surface area contributed by atoms with Crippen molar-refractivity contribution in [2.24, 2.45) is 0 Å². The maximum Gasteiger partial charge on any atom is 0.164 e. The number of nitrogens with zero attached hydrogens (tertiary/aromatic N) is 1. The molecule has 0 aromatic rings. The molecule has 0 unspecified atom stereocenters. The maximum absolute atomic E-state index is 8.87. The lowest BCUT2D eigenvalue weighted by Gasteiger charge is -2.17. The summed E-state index contributed by atoms with van der Waals surface area (Å²) < 4.78 is 0.